The van der Waals surface area contributed by atoms with E-state index in [1.807, 2.05) is 18.2 Å². The van der Waals surface area contributed by atoms with Gasteiger partial charge in [0.1, 0.15) is 5.75 Å². The third-order valence-electron chi connectivity index (χ3n) is 5.34. The van der Waals surface area contributed by atoms with Crippen LogP contribution in [0.1, 0.15) is 18.4 Å². The number of likely N-dealkylation sites (tertiary alicyclic amines) is 1. The van der Waals surface area contributed by atoms with Crippen LogP contribution in [0, 0.1) is 5.92 Å². The van der Waals surface area contributed by atoms with Crippen LogP contribution in [0.25, 0.3) is 0 Å². The summed E-state index contributed by atoms with van der Waals surface area (Å²) in [6.07, 6.45) is 2.78. The second-order valence-electron chi connectivity index (χ2n) is 7.43. The SMILES string of the molecule is O=C1COc2cc(NC(=O)C(=O)N3CCC(Cc4ccccc4)CC3)ccc2N1. The molecular weight excluding hydrogens is 370 g/mol. The Balaban J connectivity index is 1.30. The second kappa shape index (κ2) is 8.34. The molecule has 29 heavy (non-hydrogen) atoms. The number of rotatable bonds is 3. The Morgan fingerprint density at radius 2 is 1.86 bits per heavy atom. The van der Waals surface area contributed by atoms with E-state index in [-0.39, 0.29) is 12.5 Å². The number of carbonyl (C=O) groups excluding carboxylic acids is 3. The van der Waals surface area contributed by atoms with Gasteiger partial charge in [0.15, 0.2) is 6.61 Å². The second-order valence-corrected chi connectivity index (χ2v) is 7.43. The summed E-state index contributed by atoms with van der Waals surface area (Å²) in [6.45, 7) is 1.10. The lowest BCUT2D eigenvalue weighted by Gasteiger charge is -2.31. The fraction of sp³-hybridized carbons (Fsp3) is 0.318. The highest BCUT2D eigenvalue weighted by atomic mass is 16.5. The third kappa shape index (κ3) is 4.56. The van der Waals surface area contributed by atoms with Gasteiger partial charge in [-0.2, -0.15) is 0 Å². The van der Waals surface area contributed by atoms with Crippen molar-refractivity contribution in [2.24, 2.45) is 5.92 Å². The van der Waals surface area contributed by atoms with Crippen LogP contribution >= 0.6 is 0 Å². The number of carbonyl (C=O) groups is 3. The van der Waals surface area contributed by atoms with E-state index in [4.69, 9.17) is 4.74 Å². The first-order valence-corrected chi connectivity index (χ1v) is 9.79. The summed E-state index contributed by atoms with van der Waals surface area (Å²) in [7, 11) is 0. The van der Waals surface area contributed by atoms with E-state index in [0.29, 0.717) is 36.1 Å². The van der Waals surface area contributed by atoms with Crippen LogP contribution in [0.5, 0.6) is 5.75 Å². The van der Waals surface area contributed by atoms with Gasteiger partial charge in [0.25, 0.3) is 5.91 Å². The van der Waals surface area contributed by atoms with Crippen molar-refractivity contribution in [2.45, 2.75) is 19.3 Å². The molecule has 3 amide bonds. The molecule has 2 N–H and O–H groups in total. The molecule has 4 rings (SSSR count). The van der Waals surface area contributed by atoms with Crippen LogP contribution in [0.3, 0.4) is 0 Å². The molecule has 2 aliphatic heterocycles. The Morgan fingerprint density at radius 3 is 2.62 bits per heavy atom. The highest BCUT2D eigenvalue weighted by Gasteiger charge is 2.27. The Bertz CT molecular complexity index is 921. The summed E-state index contributed by atoms with van der Waals surface area (Å²) >= 11 is 0. The highest BCUT2D eigenvalue weighted by molar-refractivity contribution is 6.39. The van der Waals surface area contributed by atoms with E-state index in [1.165, 1.54) is 5.56 Å². The first kappa shape index (κ1) is 19.0. The maximum Gasteiger partial charge on any atom is 0.313 e. The van der Waals surface area contributed by atoms with E-state index in [2.05, 4.69) is 22.8 Å². The van der Waals surface area contributed by atoms with Crippen molar-refractivity contribution in [3.63, 3.8) is 0 Å². The fourth-order valence-electron chi connectivity index (χ4n) is 3.77. The van der Waals surface area contributed by atoms with Crippen LogP contribution in [0.4, 0.5) is 11.4 Å². The summed E-state index contributed by atoms with van der Waals surface area (Å²) in [6, 6.07) is 15.2. The van der Waals surface area contributed by atoms with E-state index < -0.39 is 11.8 Å². The molecule has 0 unspecified atom stereocenters. The maximum absolute atomic E-state index is 12.5. The number of hydrogen-bond acceptors (Lipinski definition) is 4. The molecule has 2 aliphatic rings. The predicted octanol–water partition coefficient (Wildman–Crippen LogP) is 2.44. The quantitative estimate of drug-likeness (QED) is 0.784. The molecule has 7 nitrogen and oxygen atoms in total. The predicted molar refractivity (Wildman–Crippen MR) is 109 cm³/mol. The van der Waals surface area contributed by atoms with Gasteiger partial charge in [-0.25, -0.2) is 0 Å². The molecule has 0 saturated carbocycles. The Hall–Kier alpha value is -3.35. The van der Waals surface area contributed by atoms with Gasteiger partial charge >= 0.3 is 11.8 Å². The molecule has 0 aromatic heterocycles. The molecule has 7 heteroatoms. The van der Waals surface area contributed by atoms with Gasteiger partial charge in [-0.05, 0) is 42.9 Å². The van der Waals surface area contributed by atoms with Crippen molar-refractivity contribution in [1.82, 2.24) is 4.90 Å². The molecule has 1 fully saturated rings. The Kier molecular flexibility index (Phi) is 5.46. The minimum absolute atomic E-state index is 0.0682. The molecular formula is C22H23N3O4. The van der Waals surface area contributed by atoms with Crippen molar-refractivity contribution in [3.05, 3.63) is 54.1 Å². The lowest BCUT2D eigenvalue weighted by atomic mass is 9.90. The standard InChI is InChI=1S/C22H23N3O4/c26-20-14-29-19-13-17(6-7-18(19)24-20)23-21(27)22(28)25-10-8-16(9-11-25)12-15-4-2-1-3-5-15/h1-7,13,16H,8-12,14H2,(H,23,27)(H,24,26). The van der Waals surface area contributed by atoms with Gasteiger partial charge in [0.05, 0.1) is 5.69 Å². The van der Waals surface area contributed by atoms with E-state index in [0.717, 1.165) is 19.3 Å². The van der Waals surface area contributed by atoms with Crippen LogP contribution in [-0.2, 0) is 20.8 Å². The Labute approximate surface area is 169 Å². The number of nitrogens with zero attached hydrogens (tertiary/aromatic N) is 1. The zero-order valence-electron chi connectivity index (χ0n) is 16.0. The van der Waals surface area contributed by atoms with Crippen molar-refractivity contribution in [1.29, 1.82) is 0 Å². The van der Waals surface area contributed by atoms with Crippen LogP contribution in [-0.4, -0.2) is 42.3 Å². The number of fused-ring (bicyclic) bond motifs is 1. The summed E-state index contributed by atoms with van der Waals surface area (Å²) in [5, 5.41) is 5.31. The smallest absolute Gasteiger partial charge is 0.313 e. The number of piperidine rings is 1. The van der Waals surface area contributed by atoms with Gasteiger partial charge < -0.3 is 20.3 Å². The molecule has 0 spiro atoms. The van der Waals surface area contributed by atoms with E-state index >= 15 is 0 Å². The van der Waals surface area contributed by atoms with Gasteiger partial charge in [0.2, 0.25) is 0 Å². The minimum Gasteiger partial charge on any atom is -0.482 e. The van der Waals surface area contributed by atoms with Gasteiger partial charge in [-0.15, -0.1) is 0 Å². The molecule has 0 atom stereocenters. The number of nitrogens with one attached hydrogen (secondary N) is 2. The zero-order chi connectivity index (χ0) is 20.2. The lowest BCUT2D eigenvalue weighted by Crippen LogP contribution is -2.44. The first-order chi connectivity index (χ1) is 14.1. The lowest BCUT2D eigenvalue weighted by molar-refractivity contribution is -0.144. The number of anilines is 2. The monoisotopic (exact) mass is 393 g/mol. The van der Waals surface area contributed by atoms with E-state index in [9.17, 15) is 14.4 Å². The van der Waals surface area contributed by atoms with Crippen molar-refractivity contribution < 1.29 is 19.1 Å². The number of ether oxygens (including phenoxy) is 1. The molecule has 2 heterocycles. The average molecular weight is 393 g/mol. The molecule has 2 aromatic rings. The van der Waals surface area contributed by atoms with Crippen molar-refractivity contribution in [3.8, 4) is 5.75 Å². The fourth-order valence-corrected chi connectivity index (χ4v) is 3.77. The van der Waals surface area contributed by atoms with Crippen LogP contribution < -0.4 is 15.4 Å². The average Bonchev–Trinajstić information content (AvgIpc) is 2.74. The summed E-state index contributed by atoms with van der Waals surface area (Å²) in [5.41, 5.74) is 2.31. The zero-order valence-corrected chi connectivity index (χ0v) is 16.0. The number of amides is 3. The van der Waals surface area contributed by atoms with Crippen LogP contribution in [0.15, 0.2) is 48.5 Å². The molecule has 0 aliphatic carbocycles. The molecule has 1 saturated heterocycles. The summed E-state index contributed by atoms with van der Waals surface area (Å²) in [5.74, 6) is -0.407. The number of hydrogen-bond donors (Lipinski definition) is 2. The summed E-state index contributed by atoms with van der Waals surface area (Å²) < 4.78 is 5.34. The number of benzene rings is 2. The topological polar surface area (TPSA) is 87.7 Å². The Morgan fingerprint density at radius 1 is 1.10 bits per heavy atom. The van der Waals surface area contributed by atoms with Gasteiger partial charge in [-0.3, -0.25) is 14.4 Å². The first-order valence-electron chi connectivity index (χ1n) is 9.79. The maximum atomic E-state index is 12.5. The summed E-state index contributed by atoms with van der Waals surface area (Å²) in [4.78, 5) is 37.9. The third-order valence-corrected chi connectivity index (χ3v) is 5.34. The van der Waals surface area contributed by atoms with Gasteiger partial charge in [0, 0.05) is 24.8 Å². The molecule has 150 valence electrons. The highest BCUT2D eigenvalue weighted by Crippen LogP contribution is 2.30. The largest absolute Gasteiger partial charge is 0.482 e. The minimum atomic E-state index is -0.661. The molecule has 0 radical (unpaired) electrons. The van der Waals surface area contributed by atoms with E-state index in [1.54, 1.807) is 23.1 Å². The molecule has 0 bridgehead atoms. The van der Waals surface area contributed by atoms with Gasteiger partial charge in [-0.1, -0.05) is 30.3 Å². The van der Waals surface area contributed by atoms with Crippen molar-refractivity contribution in [2.75, 3.05) is 30.3 Å². The van der Waals surface area contributed by atoms with Crippen molar-refractivity contribution >= 4 is 29.1 Å². The normalized spacial score (nSPS) is 16.4. The molecule has 2 aromatic carbocycles. The van der Waals surface area contributed by atoms with Crippen LogP contribution in [0.2, 0.25) is 0 Å².